The summed E-state index contributed by atoms with van der Waals surface area (Å²) in [6.45, 7) is 4.71. The predicted molar refractivity (Wildman–Crippen MR) is 109 cm³/mol. The quantitative estimate of drug-likeness (QED) is 0.544. The molecule has 140 valence electrons. The molecule has 8 heteroatoms. The molecule has 3 aromatic rings. The van der Waals surface area contributed by atoms with Gasteiger partial charge in [-0.05, 0) is 32.0 Å². The molecule has 2 aromatic carbocycles. The summed E-state index contributed by atoms with van der Waals surface area (Å²) in [6, 6.07) is 12.6. The molecule has 1 aromatic heterocycles. The van der Waals surface area contributed by atoms with Crippen molar-refractivity contribution in [3.63, 3.8) is 0 Å². The van der Waals surface area contributed by atoms with Gasteiger partial charge in [-0.3, -0.25) is 4.79 Å². The number of hydrogen-bond donors (Lipinski definition) is 1. The molecule has 0 radical (unpaired) electrons. The van der Waals surface area contributed by atoms with Gasteiger partial charge in [-0.15, -0.1) is 10.2 Å². The van der Waals surface area contributed by atoms with E-state index in [2.05, 4.69) is 31.4 Å². The summed E-state index contributed by atoms with van der Waals surface area (Å²) >= 11 is 4.46. The molecular formula is C19H18BrFN4OS. The highest BCUT2D eigenvalue weighted by molar-refractivity contribution is 9.10. The second-order valence-electron chi connectivity index (χ2n) is 5.88. The van der Waals surface area contributed by atoms with Crippen molar-refractivity contribution in [2.75, 3.05) is 11.1 Å². The van der Waals surface area contributed by atoms with E-state index < -0.39 is 5.82 Å². The lowest BCUT2D eigenvalue weighted by Gasteiger charge is -2.08. The van der Waals surface area contributed by atoms with Gasteiger partial charge in [-0.2, -0.15) is 0 Å². The van der Waals surface area contributed by atoms with Crippen molar-refractivity contribution in [3.8, 4) is 11.4 Å². The van der Waals surface area contributed by atoms with E-state index in [1.165, 1.54) is 29.5 Å². The minimum atomic E-state index is -0.485. The van der Waals surface area contributed by atoms with Gasteiger partial charge in [-0.25, -0.2) is 4.39 Å². The molecule has 0 fully saturated rings. The van der Waals surface area contributed by atoms with Crippen LogP contribution in [0.4, 0.5) is 10.1 Å². The Kier molecular flexibility index (Phi) is 6.28. The summed E-state index contributed by atoms with van der Waals surface area (Å²) in [4.78, 5) is 12.2. The van der Waals surface area contributed by atoms with Crippen LogP contribution in [0.5, 0.6) is 0 Å². The largest absolute Gasteiger partial charge is 0.323 e. The fourth-order valence-electron chi connectivity index (χ4n) is 2.50. The summed E-state index contributed by atoms with van der Waals surface area (Å²) in [7, 11) is 0. The second kappa shape index (κ2) is 8.67. The van der Waals surface area contributed by atoms with Crippen molar-refractivity contribution >= 4 is 39.3 Å². The Labute approximate surface area is 169 Å². The minimum Gasteiger partial charge on any atom is -0.323 e. The number of carbonyl (C=O) groups is 1. The average molecular weight is 449 g/mol. The Bertz CT molecular complexity index is 959. The number of aromatic nitrogens is 3. The first kappa shape index (κ1) is 19.6. The highest BCUT2D eigenvalue weighted by Gasteiger charge is 2.15. The van der Waals surface area contributed by atoms with E-state index in [-0.39, 0.29) is 17.3 Å². The first-order chi connectivity index (χ1) is 13.0. The molecule has 0 saturated carbocycles. The molecular weight excluding hydrogens is 431 g/mol. The van der Waals surface area contributed by atoms with Crippen LogP contribution in [-0.2, 0) is 11.3 Å². The highest BCUT2D eigenvalue weighted by atomic mass is 79.9. The van der Waals surface area contributed by atoms with E-state index in [0.29, 0.717) is 16.2 Å². The number of amides is 1. The Morgan fingerprint density at radius 1 is 1.22 bits per heavy atom. The van der Waals surface area contributed by atoms with Crippen molar-refractivity contribution in [1.29, 1.82) is 0 Å². The maximum absolute atomic E-state index is 13.8. The number of anilines is 1. The number of nitrogens with zero attached hydrogens (tertiary/aromatic N) is 3. The van der Waals surface area contributed by atoms with Crippen molar-refractivity contribution < 1.29 is 9.18 Å². The molecule has 0 bridgehead atoms. The number of rotatable bonds is 6. The van der Waals surface area contributed by atoms with Crippen LogP contribution in [0.2, 0.25) is 0 Å². The summed E-state index contributed by atoms with van der Waals surface area (Å²) < 4.78 is 16.4. The number of thioether (sulfide) groups is 1. The number of carbonyl (C=O) groups excluding carboxylic acids is 1. The molecule has 0 spiro atoms. The summed E-state index contributed by atoms with van der Waals surface area (Å²) in [5, 5.41) is 11.7. The monoisotopic (exact) mass is 448 g/mol. The fraction of sp³-hybridized carbons (Fsp3) is 0.211. The van der Waals surface area contributed by atoms with Crippen molar-refractivity contribution in [1.82, 2.24) is 14.8 Å². The van der Waals surface area contributed by atoms with Gasteiger partial charge in [-0.1, -0.05) is 57.5 Å². The maximum Gasteiger partial charge on any atom is 0.234 e. The standard InChI is InChI=1S/C19H18BrFN4OS/c1-3-25-18(13-6-4-12(2)5-7-13)23-24-19(25)27-11-17(26)22-16-9-8-14(20)10-15(16)21/h4-10H,3,11H2,1-2H3,(H,22,26). The van der Waals surface area contributed by atoms with Gasteiger partial charge >= 0.3 is 0 Å². The van der Waals surface area contributed by atoms with E-state index >= 15 is 0 Å². The third kappa shape index (κ3) is 4.75. The zero-order valence-electron chi connectivity index (χ0n) is 14.9. The highest BCUT2D eigenvalue weighted by Crippen LogP contribution is 2.25. The lowest BCUT2D eigenvalue weighted by Crippen LogP contribution is -2.15. The van der Waals surface area contributed by atoms with Crippen molar-refractivity contribution in [3.05, 3.63) is 58.3 Å². The predicted octanol–water partition coefficient (Wildman–Crippen LogP) is 4.91. The molecule has 0 aliphatic heterocycles. The van der Waals surface area contributed by atoms with Gasteiger partial charge in [0.1, 0.15) is 5.82 Å². The average Bonchev–Trinajstić information content (AvgIpc) is 3.06. The summed E-state index contributed by atoms with van der Waals surface area (Å²) in [6.07, 6.45) is 0. The number of benzene rings is 2. The normalized spacial score (nSPS) is 10.8. The van der Waals surface area contributed by atoms with Crippen LogP contribution in [0.25, 0.3) is 11.4 Å². The lowest BCUT2D eigenvalue weighted by atomic mass is 10.1. The van der Waals surface area contributed by atoms with Gasteiger partial charge in [0.2, 0.25) is 5.91 Å². The van der Waals surface area contributed by atoms with Crippen LogP contribution in [-0.4, -0.2) is 26.4 Å². The van der Waals surface area contributed by atoms with Crippen LogP contribution in [0.15, 0.2) is 52.1 Å². The van der Waals surface area contributed by atoms with Crippen LogP contribution < -0.4 is 5.32 Å². The fourth-order valence-corrected chi connectivity index (χ4v) is 3.64. The second-order valence-corrected chi connectivity index (χ2v) is 7.74. The van der Waals surface area contributed by atoms with Gasteiger partial charge in [0.25, 0.3) is 0 Å². The van der Waals surface area contributed by atoms with Crippen LogP contribution in [0, 0.1) is 12.7 Å². The van der Waals surface area contributed by atoms with Crippen LogP contribution >= 0.6 is 27.7 Å². The van der Waals surface area contributed by atoms with E-state index in [9.17, 15) is 9.18 Å². The molecule has 1 N–H and O–H groups in total. The van der Waals surface area contributed by atoms with Crippen LogP contribution in [0.1, 0.15) is 12.5 Å². The van der Waals surface area contributed by atoms with E-state index in [1.54, 1.807) is 6.07 Å². The van der Waals surface area contributed by atoms with Crippen molar-refractivity contribution in [2.45, 2.75) is 25.5 Å². The molecule has 1 heterocycles. The number of halogens is 2. The van der Waals surface area contributed by atoms with E-state index in [4.69, 9.17) is 0 Å². The Balaban J connectivity index is 1.69. The Morgan fingerprint density at radius 3 is 2.63 bits per heavy atom. The minimum absolute atomic E-state index is 0.113. The van der Waals surface area contributed by atoms with Gasteiger partial charge < -0.3 is 9.88 Å². The van der Waals surface area contributed by atoms with E-state index in [1.807, 2.05) is 42.7 Å². The number of hydrogen-bond acceptors (Lipinski definition) is 4. The molecule has 0 aliphatic rings. The Hall–Kier alpha value is -2.19. The summed E-state index contributed by atoms with van der Waals surface area (Å²) in [5.74, 6) is 0.0888. The molecule has 0 saturated heterocycles. The maximum atomic E-state index is 13.8. The first-order valence-electron chi connectivity index (χ1n) is 8.36. The third-order valence-corrected chi connectivity index (χ3v) is 5.34. The van der Waals surface area contributed by atoms with Gasteiger partial charge in [0.15, 0.2) is 11.0 Å². The first-order valence-corrected chi connectivity index (χ1v) is 10.1. The molecule has 3 rings (SSSR count). The molecule has 0 unspecified atom stereocenters. The molecule has 0 aliphatic carbocycles. The zero-order chi connectivity index (χ0) is 19.4. The molecule has 0 atom stereocenters. The molecule has 27 heavy (non-hydrogen) atoms. The van der Waals surface area contributed by atoms with Gasteiger partial charge in [0, 0.05) is 16.6 Å². The van der Waals surface area contributed by atoms with Gasteiger partial charge in [0.05, 0.1) is 11.4 Å². The Morgan fingerprint density at radius 2 is 1.96 bits per heavy atom. The van der Waals surface area contributed by atoms with Crippen LogP contribution in [0.3, 0.4) is 0 Å². The summed E-state index contributed by atoms with van der Waals surface area (Å²) in [5.41, 5.74) is 2.30. The topological polar surface area (TPSA) is 59.8 Å². The number of aryl methyl sites for hydroxylation is 1. The molecule has 5 nitrogen and oxygen atoms in total. The van der Waals surface area contributed by atoms with Crippen molar-refractivity contribution in [2.24, 2.45) is 0 Å². The SMILES string of the molecule is CCn1c(SCC(=O)Nc2ccc(Br)cc2F)nnc1-c1ccc(C)cc1. The smallest absolute Gasteiger partial charge is 0.234 e. The third-order valence-electron chi connectivity index (χ3n) is 3.88. The van der Waals surface area contributed by atoms with E-state index in [0.717, 1.165) is 11.4 Å². The number of nitrogens with one attached hydrogen (secondary N) is 1. The molecule has 1 amide bonds. The lowest BCUT2D eigenvalue weighted by molar-refractivity contribution is -0.113. The zero-order valence-corrected chi connectivity index (χ0v) is 17.3.